The normalized spacial score (nSPS) is 18.1. The van der Waals surface area contributed by atoms with Crippen LogP contribution in [0.5, 0.6) is 0 Å². The number of fused-ring (bicyclic) bond motifs is 1. The fraction of sp³-hybridized carbons (Fsp3) is 0.412. The first-order valence-electron chi connectivity index (χ1n) is 7.95. The van der Waals surface area contributed by atoms with Gasteiger partial charge in [0, 0.05) is 25.0 Å². The highest BCUT2D eigenvalue weighted by molar-refractivity contribution is 6.45. The molecule has 0 spiro atoms. The van der Waals surface area contributed by atoms with E-state index in [0.29, 0.717) is 35.3 Å². The monoisotopic (exact) mass is 383 g/mol. The van der Waals surface area contributed by atoms with Gasteiger partial charge in [-0.25, -0.2) is 4.98 Å². The SMILES string of the molecule is CN(CC(=O)O)CC1CN(c2ccc3ccc(Cl)c(Cl)c3n2)CCO1. The van der Waals surface area contributed by atoms with Crippen LogP contribution in [-0.4, -0.2) is 66.9 Å². The topological polar surface area (TPSA) is 65.9 Å². The predicted octanol–water partition coefficient (Wildman–Crippen LogP) is 2.76. The zero-order valence-corrected chi connectivity index (χ0v) is 15.3. The fourth-order valence-electron chi connectivity index (χ4n) is 2.98. The van der Waals surface area contributed by atoms with Crippen molar-refractivity contribution in [1.29, 1.82) is 0 Å². The van der Waals surface area contributed by atoms with Crippen molar-refractivity contribution in [3.63, 3.8) is 0 Å². The lowest BCUT2D eigenvalue weighted by Gasteiger charge is -2.35. The van der Waals surface area contributed by atoms with Crippen LogP contribution in [0.4, 0.5) is 5.82 Å². The molecule has 1 unspecified atom stereocenters. The Morgan fingerprint density at radius 1 is 1.40 bits per heavy atom. The van der Waals surface area contributed by atoms with Gasteiger partial charge in [0.05, 0.1) is 34.8 Å². The van der Waals surface area contributed by atoms with Crippen LogP contribution in [0.2, 0.25) is 10.0 Å². The number of aliphatic carboxylic acids is 1. The number of nitrogens with zero attached hydrogens (tertiary/aromatic N) is 3. The van der Waals surface area contributed by atoms with Gasteiger partial charge in [-0.2, -0.15) is 0 Å². The van der Waals surface area contributed by atoms with E-state index in [4.69, 9.17) is 33.0 Å². The number of hydrogen-bond acceptors (Lipinski definition) is 5. The Labute approximate surface area is 155 Å². The van der Waals surface area contributed by atoms with Crippen molar-refractivity contribution in [2.24, 2.45) is 0 Å². The Kier molecular flexibility index (Phi) is 5.64. The number of carboxylic acids is 1. The van der Waals surface area contributed by atoms with Crippen molar-refractivity contribution in [3.05, 3.63) is 34.3 Å². The number of ether oxygens (including phenoxy) is 1. The van der Waals surface area contributed by atoms with Crippen molar-refractivity contribution in [3.8, 4) is 0 Å². The molecule has 2 aromatic rings. The molecule has 0 bridgehead atoms. The number of aromatic nitrogens is 1. The van der Waals surface area contributed by atoms with Gasteiger partial charge in [0.25, 0.3) is 0 Å². The number of pyridine rings is 1. The summed E-state index contributed by atoms with van der Waals surface area (Å²) in [6.45, 7) is 2.45. The summed E-state index contributed by atoms with van der Waals surface area (Å²) in [7, 11) is 1.77. The molecular formula is C17H19Cl2N3O3. The van der Waals surface area contributed by atoms with E-state index >= 15 is 0 Å². The number of anilines is 1. The molecule has 3 rings (SSSR count). The van der Waals surface area contributed by atoms with Gasteiger partial charge in [0.2, 0.25) is 0 Å². The van der Waals surface area contributed by atoms with Crippen molar-refractivity contribution in [1.82, 2.24) is 9.88 Å². The molecule has 1 aromatic heterocycles. The molecule has 1 atom stereocenters. The molecule has 134 valence electrons. The number of hydrogen-bond donors (Lipinski definition) is 1. The number of halogens is 2. The number of likely N-dealkylation sites (N-methyl/N-ethyl adjacent to an activating group) is 1. The minimum absolute atomic E-state index is 0.0117. The average Bonchev–Trinajstić information content (AvgIpc) is 2.57. The van der Waals surface area contributed by atoms with Gasteiger partial charge in [-0.15, -0.1) is 0 Å². The van der Waals surface area contributed by atoms with Crippen molar-refractivity contribution in [2.75, 3.05) is 44.7 Å². The Morgan fingerprint density at radius 2 is 2.16 bits per heavy atom. The molecule has 1 aliphatic heterocycles. The Morgan fingerprint density at radius 3 is 2.92 bits per heavy atom. The third-order valence-corrected chi connectivity index (χ3v) is 4.92. The number of benzene rings is 1. The average molecular weight is 384 g/mol. The smallest absolute Gasteiger partial charge is 0.317 e. The van der Waals surface area contributed by atoms with E-state index in [1.54, 1.807) is 18.0 Å². The van der Waals surface area contributed by atoms with E-state index < -0.39 is 5.97 Å². The predicted molar refractivity (Wildman–Crippen MR) is 98.8 cm³/mol. The first kappa shape index (κ1) is 18.2. The van der Waals surface area contributed by atoms with Crippen molar-refractivity contribution < 1.29 is 14.6 Å². The maximum absolute atomic E-state index is 10.8. The molecule has 1 aliphatic rings. The molecule has 25 heavy (non-hydrogen) atoms. The molecule has 0 radical (unpaired) electrons. The summed E-state index contributed by atoms with van der Waals surface area (Å²) in [6, 6.07) is 7.58. The Bertz CT molecular complexity index is 787. The van der Waals surface area contributed by atoms with Crippen molar-refractivity contribution >= 4 is 45.9 Å². The highest BCUT2D eigenvalue weighted by Gasteiger charge is 2.23. The van der Waals surface area contributed by atoms with Crippen LogP contribution in [0.15, 0.2) is 24.3 Å². The molecule has 2 heterocycles. The van der Waals surface area contributed by atoms with E-state index in [9.17, 15) is 4.79 Å². The van der Waals surface area contributed by atoms with Gasteiger partial charge in [0.1, 0.15) is 5.82 Å². The number of carbonyl (C=O) groups is 1. The highest BCUT2D eigenvalue weighted by Crippen LogP contribution is 2.31. The van der Waals surface area contributed by atoms with E-state index in [0.717, 1.165) is 17.7 Å². The lowest BCUT2D eigenvalue weighted by Crippen LogP contribution is -2.48. The molecular weight excluding hydrogens is 365 g/mol. The van der Waals surface area contributed by atoms with Crippen LogP contribution in [0.25, 0.3) is 10.9 Å². The third kappa shape index (κ3) is 4.33. The molecule has 1 saturated heterocycles. The molecule has 1 aromatic carbocycles. The summed E-state index contributed by atoms with van der Waals surface area (Å²) in [5, 5.41) is 10.7. The van der Waals surface area contributed by atoms with Crippen LogP contribution in [-0.2, 0) is 9.53 Å². The second-order valence-electron chi connectivity index (χ2n) is 6.13. The van der Waals surface area contributed by atoms with Crippen LogP contribution < -0.4 is 4.90 Å². The number of carboxylic acid groups (broad SMARTS) is 1. The maximum atomic E-state index is 10.8. The van der Waals surface area contributed by atoms with E-state index in [1.807, 2.05) is 18.2 Å². The molecule has 1 fully saturated rings. The van der Waals surface area contributed by atoms with Gasteiger partial charge in [0.15, 0.2) is 0 Å². The van der Waals surface area contributed by atoms with E-state index in [1.165, 1.54) is 0 Å². The summed E-state index contributed by atoms with van der Waals surface area (Å²) in [5.74, 6) is -0.0382. The van der Waals surface area contributed by atoms with Gasteiger partial charge in [-0.1, -0.05) is 29.3 Å². The Hall–Kier alpha value is -1.60. The molecule has 6 nitrogen and oxygen atoms in total. The summed E-state index contributed by atoms with van der Waals surface area (Å²) >= 11 is 12.4. The van der Waals surface area contributed by atoms with E-state index in [2.05, 4.69) is 9.88 Å². The van der Waals surface area contributed by atoms with Crippen molar-refractivity contribution in [2.45, 2.75) is 6.10 Å². The minimum atomic E-state index is -0.849. The summed E-state index contributed by atoms with van der Waals surface area (Å²) < 4.78 is 5.76. The highest BCUT2D eigenvalue weighted by atomic mass is 35.5. The van der Waals surface area contributed by atoms with Crippen LogP contribution in [0, 0.1) is 0 Å². The summed E-state index contributed by atoms with van der Waals surface area (Å²) in [4.78, 5) is 19.3. The summed E-state index contributed by atoms with van der Waals surface area (Å²) in [6.07, 6.45) is -0.0783. The first-order chi connectivity index (χ1) is 11.9. The van der Waals surface area contributed by atoms with Gasteiger partial charge >= 0.3 is 5.97 Å². The number of morpholine rings is 1. The van der Waals surface area contributed by atoms with Gasteiger partial charge < -0.3 is 14.7 Å². The van der Waals surface area contributed by atoms with Gasteiger partial charge in [-0.3, -0.25) is 9.69 Å². The molecule has 8 heteroatoms. The fourth-order valence-corrected chi connectivity index (χ4v) is 3.34. The number of rotatable bonds is 5. The standard InChI is InChI=1S/C17H19Cl2N3O3/c1-21(10-15(23)24)8-12-9-22(6-7-25-12)14-5-3-11-2-4-13(18)16(19)17(11)20-14/h2-5,12H,6-10H2,1H3,(H,23,24). The quantitative estimate of drug-likeness (QED) is 0.855. The largest absolute Gasteiger partial charge is 0.480 e. The Balaban J connectivity index is 1.76. The zero-order chi connectivity index (χ0) is 18.0. The lowest BCUT2D eigenvalue weighted by molar-refractivity contribution is -0.138. The first-order valence-corrected chi connectivity index (χ1v) is 8.71. The lowest BCUT2D eigenvalue weighted by atomic mass is 10.2. The zero-order valence-electron chi connectivity index (χ0n) is 13.8. The minimum Gasteiger partial charge on any atom is -0.480 e. The maximum Gasteiger partial charge on any atom is 0.317 e. The third-order valence-electron chi connectivity index (χ3n) is 4.12. The molecule has 1 N–H and O–H groups in total. The second-order valence-corrected chi connectivity index (χ2v) is 6.92. The van der Waals surface area contributed by atoms with E-state index in [-0.39, 0.29) is 12.6 Å². The van der Waals surface area contributed by atoms with Crippen LogP contribution >= 0.6 is 23.2 Å². The van der Waals surface area contributed by atoms with Gasteiger partial charge in [-0.05, 0) is 25.2 Å². The molecule has 0 saturated carbocycles. The summed E-state index contributed by atoms with van der Waals surface area (Å²) in [5.41, 5.74) is 0.678. The molecule has 0 aliphatic carbocycles. The van der Waals surface area contributed by atoms with Crippen LogP contribution in [0.3, 0.4) is 0 Å². The molecule has 0 amide bonds. The second kappa shape index (κ2) is 7.74. The van der Waals surface area contributed by atoms with Crippen LogP contribution in [0.1, 0.15) is 0 Å².